The maximum absolute atomic E-state index is 14.3. The number of alkyl halides is 3. The standard InChI is InChI=1S/C37H47F3N8O5/c1-35(2,3)52-33(50)45-12-11-23(28(49)20-45)15-41-29-14-30(48-31(44-29)26(16-42-48)22-9-10-22)47(34(51)53-36(4,5)6)19-25-18-46-17-24(21-7-8-21)13-27(32(46)43-25)37(38,39)40/h13-14,16-18,21-23,28,49H,7-12,15,19-20H2,1-6H3,(H,41,44)/t23-,28+/m1/s1. The Morgan fingerprint density at radius 3 is 2.26 bits per heavy atom. The van der Waals surface area contributed by atoms with E-state index in [0.29, 0.717) is 36.5 Å². The lowest BCUT2D eigenvalue weighted by atomic mass is 9.94. The molecule has 7 rings (SSSR count). The van der Waals surface area contributed by atoms with Gasteiger partial charge in [-0.05, 0) is 97.1 Å². The van der Waals surface area contributed by atoms with Crippen LogP contribution in [0.25, 0.3) is 11.3 Å². The molecule has 16 heteroatoms. The minimum absolute atomic E-state index is 0.0831. The van der Waals surface area contributed by atoms with E-state index in [1.807, 2.05) is 0 Å². The molecule has 0 bridgehead atoms. The Balaban J connectivity index is 1.21. The topological polar surface area (TPSA) is 139 Å². The average molecular weight is 741 g/mol. The molecule has 1 saturated heterocycles. The Kier molecular flexibility index (Phi) is 9.26. The lowest BCUT2D eigenvalue weighted by molar-refractivity contribution is -0.136. The molecule has 0 spiro atoms. The molecule has 13 nitrogen and oxygen atoms in total. The Hall–Kier alpha value is -4.60. The van der Waals surface area contributed by atoms with Crippen LogP contribution in [-0.2, 0) is 22.2 Å². The number of carbonyl (C=O) groups is 2. The Morgan fingerprint density at radius 1 is 0.943 bits per heavy atom. The zero-order valence-electron chi connectivity index (χ0n) is 30.9. The molecule has 286 valence electrons. The zero-order chi connectivity index (χ0) is 38.0. The summed E-state index contributed by atoms with van der Waals surface area (Å²) in [4.78, 5) is 38.7. The van der Waals surface area contributed by atoms with Crippen LogP contribution in [0, 0.1) is 5.92 Å². The van der Waals surface area contributed by atoms with Crippen LogP contribution in [0.2, 0.25) is 0 Å². The van der Waals surface area contributed by atoms with Crippen molar-refractivity contribution >= 4 is 35.1 Å². The number of nitrogens with one attached hydrogen (secondary N) is 1. The number of amides is 2. The molecule has 4 aromatic heterocycles. The van der Waals surface area contributed by atoms with E-state index in [0.717, 1.165) is 31.2 Å². The van der Waals surface area contributed by atoms with E-state index >= 15 is 0 Å². The van der Waals surface area contributed by atoms with E-state index in [1.165, 1.54) is 26.5 Å². The first-order valence-electron chi connectivity index (χ1n) is 18.2. The third-order valence-corrected chi connectivity index (χ3v) is 9.60. The Labute approximate surface area is 305 Å². The summed E-state index contributed by atoms with van der Waals surface area (Å²) >= 11 is 0. The van der Waals surface area contributed by atoms with Crippen LogP contribution < -0.4 is 10.2 Å². The number of aliphatic hydroxyl groups is 1. The van der Waals surface area contributed by atoms with Gasteiger partial charge < -0.3 is 29.2 Å². The molecule has 0 radical (unpaired) electrons. The number of hydrogen-bond acceptors (Lipinski definition) is 9. The average Bonchev–Trinajstić information content (AvgIpc) is 3.99. The fraction of sp³-hybridized carbons (Fsp3) is 0.595. The molecule has 0 unspecified atom stereocenters. The largest absolute Gasteiger partial charge is 0.444 e. The highest BCUT2D eigenvalue weighted by molar-refractivity contribution is 5.88. The third kappa shape index (κ3) is 8.31. The van der Waals surface area contributed by atoms with Gasteiger partial charge in [0.15, 0.2) is 5.65 Å². The van der Waals surface area contributed by atoms with Crippen LogP contribution in [0.5, 0.6) is 0 Å². The molecular weight excluding hydrogens is 693 g/mol. The van der Waals surface area contributed by atoms with Gasteiger partial charge in [-0.2, -0.15) is 22.8 Å². The molecule has 3 aliphatic rings. The Bertz CT molecular complexity index is 2020. The molecule has 4 aromatic rings. The molecule has 2 saturated carbocycles. The first-order valence-corrected chi connectivity index (χ1v) is 18.2. The summed E-state index contributed by atoms with van der Waals surface area (Å²) in [5.74, 6) is 0.822. The number of carbonyl (C=O) groups excluding carboxylic acids is 2. The van der Waals surface area contributed by atoms with Crippen LogP contribution in [-0.4, -0.2) is 83.1 Å². The third-order valence-electron chi connectivity index (χ3n) is 9.60. The van der Waals surface area contributed by atoms with E-state index < -0.39 is 41.2 Å². The number of nitrogens with zero attached hydrogens (tertiary/aromatic N) is 7. The lowest BCUT2D eigenvalue weighted by Crippen LogP contribution is -2.49. The summed E-state index contributed by atoms with van der Waals surface area (Å²) in [5.41, 5.74) is -0.330. The van der Waals surface area contributed by atoms with Crippen molar-refractivity contribution < 1.29 is 37.3 Å². The molecule has 1 aliphatic heterocycles. The normalized spacial score (nSPS) is 19.8. The van der Waals surface area contributed by atoms with Crippen molar-refractivity contribution in [2.45, 2.75) is 116 Å². The molecule has 0 aromatic carbocycles. The van der Waals surface area contributed by atoms with Gasteiger partial charge in [-0.3, -0.25) is 4.90 Å². The van der Waals surface area contributed by atoms with Crippen molar-refractivity contribution in [3.63, 3.8) is 0 Å². The summed E-state index contributed by atoms with van der Waals surface area (Å²) in [5, 5.41) is 19.0. The molecule has 2 atom stereocenters. The first kappa shape index (κ1) is 36.7. The van der Waals surface area contributed by atoms with Crippen molar-refractivity contribution in [2.24, 2.45) is 5.92 Å². The van der Waals surface area contributed by atoms with Gasteiger partial charge in [0.2, 0.25) is 0 Å². The summed E-state index contributed by atoms with van der Waals surface area (Å²) in [6.45, 7) is 11.2. The number of hydrogen-bond donors (Lipinski definition) is 2. The summed E-state index contributed by atoms with van der Waals surface area (Å²) < 4.78 is 57.1. The first-order chi connectivity index (χ1) is 24.8. The maximum atomic E-state index is 14.3. The number of anilines is 2. The summed E-state index contributed by atoms with van der Waals surface area (Å²) in [7, 11) is 0. The number of likely N-dealkylation sites (tertiary alicyclic amines) is 1. The number of rotatable bonds is 8. The second kappa shape index (κ2) is 13.4. The molecule has 2 amide bonds. The van der Waals surface area contributed by atoms with Crippen LogP contribution in [0.15, 0.2) is 30.7 Å². The predicted octanol–water partition coefficient (Wildman–Crippen LogP) is 7.12. The molecule has 2 N–H and O–H groups in total. The van der Waals surface area contributed by atoms with Gasteiger partial charge in [-0.1, -0.05) is 0 Å². The van der Waals surface area contributed by atoms with Gasteiger partial charge in [-0.25, -0.2) is 19.6 Å². The minimum Gasteiger partial charge on any atom is -0.444 e. The van der Waals surface area contributed by atoms with Crippen molar-refractivity contribution in [1.82, 2.24) is 28.9 Å². The number of aromatic nitrogens is 5. The lowest BCUT2D eigenvalue weighted by Gasteiger charge is -2.36. The maximum Gasteiger partial charge on any atom is 0.419 e. The number of ether oxygens (including phenoxy) is 2. The second-order valence-electron chi connectivity index (χ2n) is 16.5. The second-order valence-corrected chi connectivity index (χ2v) is 16.5. The monoisotopic (exact) mass is 740 g/mol. The predicted molar refractivity (Wildman–Crippen MR) is 190 cm³/mol. The molecule has 3 fully saturated rings. The van der Waals surface area contributed by atoms with Crippen molar-refractivity contribution in [3.05, 3.63) is 53.1 Å². The van der Waals surface area contributed by atoms with E-state index in [2.05, 4.69) is 15.4 Å². The molecule has 5 heterocycles. The zero-order valence-corrected chi connectivity index (χ0v) is 30.9. The molecular formula is C37H47F3N8O5. The van der Waals surface area contributed by atoms with E-state index in [9.17, 15) is 27.9 Å². The quantitative estimate of drug-likeness (QED) is 0.193. The fourth-order valence-electron chi connectivity index (χ4n) is 6.69. The number of imidazole rings is 1. The van der Waals surface area contributed by atoms with Crippen molar-refractivity contribution in [1.29, 1.82) is 0 Å². The molecule has 2 aliphatic carbocycles. The van der Waals surface area contributed by atoms with Gasteiger partial charge >= 0.3 is 18.4 Å². The van der Waals surface area contributed by atoms with Crippen LogP contribution in [0.4, 0.5) is 34.4 Å². The van der Waals surface area contributed by atoms with Crippen LogP contribution >= 0.6 is 0 Å². The number of fused-ring (bicyclic) bond motifs is 2. The van der Waals surface area contributed by atoms with E-state index in [1.54, 1.807) is 64.5 Å². The van der Waals surface area contributed by atoms with Crippen molar-refractivity contribution in [2.75, 3.05) is 29.9 Å². The number of halogens is 3. The SMILES string of the molecule is CC(C)(C)OC(=O)N1CC[C@H](CNc2cc(N(Cc3cn4cc(C5CC5)cc(C(F)(F)F)c4n3)C(=O)OC(C)(C)C)n3ncc(C4CC4)c3n2)[C@@H](O)C1. The highest BCUT2D eigenvalue weighted by Crippen LogP contribution is 2.44. The highest BCUT2D eigenvalue weighted by atomic mass is 19.4. The van der Waals surface area contributed by atoms with Crippen molar-refractivity contribution in [3.8, 4) is 0 Å². The summed E-state index contributed by atoms with van der Waals surface area (Å²) in [6.07, 6.45) is 2.42. The summed E-state index contributed by atoms with van der Waals surface area (Å²) in [6, 6.07) is 2.83. The fourth-order valence-corrected chi connectivity index (χ4v) is 6.69. The number of piperidine rings is 1. The van der Waals surface area contributed by atoms with Crippen LogP contribution in [0.1, 0.15) is 108 Å². The van der Waals surface area contributed by atoms with Gasteiger partial charge in [0, 0.05) is 43.0 Å². The smallest absolute Gasteiger partial charge is 0.419 e. The minimum atomic E-state index is -4.62. The van der Waals surface area contributed by atoms with Gasteiger partial charge in [0.25, 0.3) is 0 Å². The highest BCUT2D eigenvalue weighted by Gasteiger charge is 2.38. The van der Waals surface area contributed by atoms with Gasteiger partial charge in [0.1, 0.15) is 28.5 Å². The van der Waals surface area contributed by atoms with Gasteiger partial charge in [0.05, 0.1) is 36.6 Å². The number of aliphatic hydroxyl groups excluding tert-OH is 1. The van der Waals surface area contributed by atoms with E-state index in [4.69, 9.17) is 14.5 Å². The number of β-amino-alcohol motifs (C(OH)–C–C–N with tert-alkyl or cyclic N) is 1. The van der Waals surface area contributed by atoms with Crippen LogP contribution in [0.3, 0.4) is 0 Å². The van der Waals surface area contributed by atoms with Gasteiger partial charge in [-0.15, -0.1) is 0 Å². The Morgan fingerprint density at radius 2 is 1.64 bits per heavy atom. The van der Waals surface area contributed by atoms with E-state index in [-0.39, 0.29) is 48.0 Å². The number of pyridine rings is 1. The molecule has 53 heavy (non-hydrogen) atoms.